The maximum absolute atomic E-state index is 11.7. The number of hydrogen-bond donors (Lipinski definition) is 3. The number of hydrogen-bond acceptors (Lipinski definition) is 3. The SMILES string of the molecule is CC(C)(CN)CNC(=O)c1cc[nH]c(=O)c1. The van der Waals surface area contributed by atoms with Gasteiger partial charge in [0, 0.05) is 24.4 Å². The molecule has 0 spiro atoms. The Morgan fingerprint density at radius 1 is 1.56 bits per heavy atom. The van der Waals surface area contributed by atoms with Gasteiger partial charge in [-0.25, -0.2) is 0 Å². The molecule has 0 radical (unpaired) electrons. The van der Waals surface area contributed by atoms with E-state index in [4.69, 9.17) is 5.73 Å². The first-order valence-corrected chi connectivity index (χ1v) is 5.12. The third kappa shape index (κ3) is 3.51. The molecule has 0 fully saturated rings. The van der Waals surface area contributed by atoms with Crippen LogP contribution in [-0.4, -0.2) is 24.0 Å². The zero-order valence-corrected chi connectivity index (χ0v) is 9.54. The highest BCUT2D eigenvalue weighted by Crippen LogP contribution is 2.10. The highest BCUT2D eigenvalue weighted by atomic mass is 16.2. The van der Waals surface area contributed by atoms with E-state index in [1.165, 1.54) is 12.3 Å². The zero-order chi connectivity index (χ0) is 12.2. The molecule has 1 heterocycles. The van der Waals surface area contributed by atoms with Gasteiger partial charge >= 0.3 is 0 Å². The third-order valence-corrected chi connectivity index (χ3v) is 2.32. The minimum Gasteiger partial charge on any atom is -0.351 e. The number of nitrogens with two attached hydrogens (primary N) is 1. The Hall–Kier alpha value is -1.62. The van der Waals surface area contributed by atoms with Crippen LogP contribution >= 0.6 is 0 Å². The second-order valence-electron chi connectivity index (χ2n) is 4.49. The molecule has 0 aromatic carbocycles. The Bertz CT molecular complexity index is 423. The number of aromatic amines is 1. The van der Waals surface area contributed by atoms with Gasteiger partial charge in [-0.2, -0.15) is 0 Å². The fourth-order valence-electron chi connectivity index (χ4n) is 1.08. The average Bonchev–Trinajstić information content (AvgIpc) is 2.26. The van der Waals surface area contributed by atoms with Crippen molar-refractivity contribution < 1.29 is 4.79 Å². The van der Waals surface area contributed by atoms with E-state index in [2.05, 4.69) is 10.3 Å². The van der Waals surface area contributed by atoms with Crippen LogP contribution in [-0.2, 0) is 0 Å². The second kappa shape index (κ2) is 4.94. The molecule has 5 heteroatoms. The van der Waals surface area contributed by atoms with Gasteiger partial charge in [0.05, 0.1) is 0 Å². The van der Waals surface area contributed by atoms with E-state index in [-0.39, 0.29) is 16.9 Å². The summed E-state index contributed by atoms with van der Waals surface area (Å²) in [4.78, 5) is 25.1. The van der Waals surface area contributed by atoms with Crippen molar-refractivity contribution >= 4 is 5.91 Å². The van der Waals surface area contributed by atoms with Crippen molar-refractivity contribution in [3.05, 3.63) is 34.2 Å². The molecule has 5 nitrogen and oxygen atoms in total. The van der Waals surface area contributed by atoms with Gasteiger partial charge in [0.15, 0.2) is 0 Å². The highest BCUT2D eigenvalue weighted by Gasteiger charge is 2.17. The quantitative estimate of drug-likeness (QED) is 0.676. The van der Waals surface area contributed by atoms with Gasteiger partial charge in [-0.1, -0.05) is 13.8 Å². The lowest BCUT2D eigenvalue weighted by Gasteiger charge is -2.22. The van der Waals surface area contributed by atoms with Gasteiger partial charge in [-0.15, -0.1) is 0 Å². The summed E-state index contributed by atoms with van der Waals surface area (Å²) < 4.78 is 0. The lowest BCUT2D eigenvalue weighted by atomic mass is 9.94. The summed E-state index contributed by atoms with van der Waals surface area (Å²) in [6, 6.07) is 2.83. The molecule has 0 aliphatic rings. The van der Waals surface area contributed by atoms with Crippen molar-refractivity contribution in [1.29, 1.82) is 0 Å². The molecular formula is C11H17N3O2. The number of nitrogens with one attached hydrogen (secondary N) is 2. The molecule has 0 aliphatic heterocycles. The summed E-state index contributed by atoms with van der Waals surface area (Å²) in [6.45, 7) is 4.90. The van der Waals surface area contributed by atoms with E-state index in [0.29, 0.717) is 18.7 Å². The van der Waals surface area contributed by atoms with Gasteiger partial charge in [0.25, 0.3) is 5.91 Å². The summed E-state index contributed by atoms with van der Waals surface area (Å²) >= 11 is 0. The Morgan fingerprint density at radius 3 is 2.81 bits per heavy atom. The Kier molecular flexibility index (Phi) is 3.84. The van der Waals surface area contributed by atoms with E-state index in [1.54, 1.807) is 6.07 Å². The molecule has 0 unspecified atom stereocenters. The van der Waals surface area contributed by atoms with Crippen molar-refractivity contribution in [3.63, 3.8) is 0 Å². The van der Waals surface area contributed by atoms with E-state index in [1.807, 2.05) is 13.8 Å². The van der Waals surface area contributed by atoms with E-state index in [9.17, 15) is 9.59 Å². The minimum atomic E-state index is -0.286. The molecule has 0 aliphatic carbocycles. The Morgan fingerprint density at radius 2 is 2.25 bits per heavy atom. The summed E-state index contributed by atoms with van der Waals surface area (Å²) in [7, 11) is 0. The monoisotopic (exact) mass is 223 g/mol. The first-order chi connectivity index (χ1) is 7.44. The number of H-pyrrole nitrogens is 1. The molecule has 1 aromatic heterocycles. The highest BCUT2D eigenvalue weighted by molar-refractivity contribution is 5.93. The average molecular weight is 223 g/mol. The first-order valence-electron chi connectivity index (χ1n) is 5.12. The topological polar surface area (TPSA) is 88.0 Å². The van der Waals surface area contributed by atoms with Gasteiger partial charge in [0.2, 0.25) is 5.56 Å². The van der Waals surface area contributed by atoms with Crippen molar-refractivity contribution in [2.24, 2.45) is 11.1 Å². The van der Waals surface area contributed by atoms with Crippen LogP contribution in [0.4, 0.5) is 0 Å². The van der Waals surface area contributed by atoms with Gasteiger partial charge in [-0.05, 0) is 18.0 Å². The molecule has 1 rings (SSSR count). The molecule has 0 saturated heterocycles. The largest absolute Gasteiger partial charge is 0.351 e. The van der Waals surface area contributed by atoms with Crippen LogP contribution in [0.5, 0.6) is 0 Å². The Labute approximate surface area is 94.1 Å². The van der Waals surface area contributed by atoms with Crippen LogP contribution in [0.15, 0.2) is 23.1 Å². The fourth-order valence-corrected chi connectivity index (χ4v) is 1.08. The van der Waals surface area contributed by atoms with Gasteiger partial charge in [-0.3, -0.25) is 9.59 Å². The van der Waals surface area contributed by atoms with Gasteiger partial charge in [0.1, 0.15) is 0 Å². The predicted octanol–water partition coefficient (Wildman–Crippen LogP) is 0.0896. The number of carbonyl (C=O) groups is 1. The smallest absolute Gasteiger partial charge is 0.251 e. The van der Waals surface area contributed by atoms with Crippen LogP contribution in [0, 0.1) is 5.41 Å². The van der Waals surface area contributed by atoms with E-state index < -0.39 is 0 Å². The molecule has 0 atom stereocenters. The molecule has 16 heavy (non-hydrogen) atoms. The molecule has 0 saturated carbocycles. The van der Waals surface area contributed by atoms with Crippen LogP contribution in [0.2, 0.25) is 0 Å². The lowest BCUT2D eigenvalue weighted by molar-refractivity contribution is 0.0937. The molecule has 1 amide bonds. The van der Waals surface area contributed by atoms with E-state index in [0.717, 1.165) is 0 Å². The minimum absolute atomic E-state index is 0.142. The maximum Gasteiger partial charge on any atom is 0.251 e. The van der Waals surface area contributed by atoms with Crippen molar-refractivity contribution in [2.75, 3.05) is 13.1 Å². The number of aromatic nitrogens is 1. The van der Waals surface area contributed by atoms with Crippen molar-refractivity contribution in [2.45, 2.75) is 13.8 Å². The summed E-state index contributed by atoms with van der Waals surface area (Å²) in [5, 5.41) is 2.75. The molecule has 88 valence electrons. The van der Waals surface area contributed by atoms with Crippen LogP contribution in [0.1, 0.15) is 24.2 Å². The zero-order valence-electron chi connectivity index (χ0n) is 9.54. The number of rotatable bonds is 4. The fraction of sp³-hybridized carbons (Fsp3) is 0.455. The molecule has 1 aromatic rings. The van der Waals surface area contributed by atoms with Crippen LogP contribution in [0.3, 0.4) is 0 Å². The maximum atomic E-state index is 11.7. The van der Waals surface area contributed by atoms with Crippen molar-refractivity contribution in [3.8, 4) is 0 Å². The first kappa shape index (κ1) is 12.4. The molecule has 0 bridgehead atoms. The van der Waals surface area contributed by atoms with Crippen LogP contribution in [0.25, 0.3) is 0 Å². The lowest BCUT2D eigenvalue weighted by Crippen LogP contribution is -2.38. The molecular weight excluding hydrogens is 206 g/mol. The number of carbonyl (C=O) groups excluding carboxylic acids is 1. The molecule has 4 N–H and O–H groups in total. The van der Waals surface area contributed by atoms with Crippen LogP contribution < -0.4 is 16.6 Å². The Balaban J connectivity index is 2.63. The normalized spacial score (nSPS) is 11.2. The van der Waals surface area contributed by atoms with Gasteiger partial charge < -0.3 is 16.0 Å². The summed E-state index contributed by atoms with van der Waals surface area (Å²) in [5.74, 6) is -0.257. The predicted molar refractivity (Wildman–Crippen MR) is 62.2 cm³/mol. The number of amides is 1. The van der Waals surface area contributed by atoms with E-state index >= 15 is 0 Å². The summed E-state index contributed by atoms with van der Waals surface area (Å²) in [6.07, 6.45) is 1.45. The third-order valence-electron chi connectivity index (χ3n) is 2.32. The second-order valence-corrected chi connectivity index (χ2v) is 4.49. The van der Waals surface area contributed by atoms with Crippen molar-refractivity contribution in [1.82, 2.24) is 10.3 Å². The number of pyridine rings is 1. The standard InChI is InChI=1S/C11H17N3O2/c1-11(2,6-12)7-14-10(16)8-3-4-13-9(15)5-8/h3-5H,6-7,12H2,1-2H3,(H,13,15)(H,14,16). The summed E-state index contributed by atoms with van der Waals surface area (Å²) in [5.41, 5.74) is 5.48.